The highest BCUT2D eigenvalue weighted by Gasteiger charge is 2.19. The number of amides is 1. The van der Waals surface area contributed by atoms with E-state index < -0.39 is 11.1 Å². The van der Waals surface area contributed by atoms with Gasteiger partial charge in [0.25, 0.3) is 0 Å². The third-order valence-electron chi connectivity index (χ3n) is 1.80. The molecule has 14 heavy (non-hydrogen) atoms. The van der Waals surface area contributed by atoms with Crippen LogP contribution in [0.5, 0.6) is 0 Å². The normalized spacial score (nSPS) is 9.57. The van der Waals surface area contributed by atoms with Gasteiger partial charge in [-0.15, -0.1) is 0 Å². The van der Waals surface area contributed by atoms with Crippen LogP contribution >= 0.6 is 11.6 Å². The largest absolute Gasteiger partial charge is 0.310 e. The molecule has 0 unspecified atom stereocenters. The number of carbonyl (C=O) groups is 2. The molecule has 1 aromatic carbocycles. The summed E-state index contributed by atoms with van der Waals surface area (Å²) in [7, 11) is 0. The van der Waals surface area contributed by atoms with Crippen molar-refractivity contribution >= 4 is 28.4 Å². The Morgan fingerprint density at radius 1 is 1.29 bits per heavy atom. The van der Waals surface area contributed by atoms with Crippen molar-refractivity contribution in [3.8, 4) is 0 Å². The molecule has 1 amide bonds. The first-order valence-electron chi connectivity index (χ1n) is 4.23. The summed E-state index contributed by atoms with van der Waals surface area (Å²) in [5.74, 6) is -0.694. The average Bonchev–Trinajstić information content (AvgIpc) is 2.20. The van der Waals surface area contributed by atoms with Crippen molar-refractivity contribution in [2.75, 3.05) is 11.4 Å². The number of halogens is 1. The Labute approximate surface area is 87.3 Å². The van der Waals surface area contributed by atoms with Gasteiger partial charge in [0.1, 0.15) is 0 Å². The second-order valence-electron chi connectivity index (χ2n) is 2.66. The smallest absolute Gasteiger partial charge is 0.305 e. The summed E-state index contributed by atoms with van der Waals surface area (Å²) in [6.45, 7) is 2.20. The van der Waals surface area contributed by atoms with E-state index in [1.54, 1.807) is 31.2 Å². The van der Waals surface area contributed by atoms with Gasteiger partial charge >= 0.3 is 11.1 Å². The van der Waals surface area contributed by atoms with E-state index in [1.165, 1.54) is 4.90 Å². The van der Waals surface area contributed by atoms with E-state index in [-0.39, 0.29) is 0 Å². The molecule has 1 aromatic rings. The Morgan fingerprint density at radius 2 is 1.86 bits per heavy atom. The molecule has 0 aromatic heterocycles. The summed E-state index contributed by atoms with van der Waals surface area (Å²) in [4.78, 5) is 23.3. The van der Waals surface area contributed by atoms with Gasteiger partial charge in [-0.1, -0.05) is 18.2 Å². The van der Waals surface area contributed by atoms with Crippen molar-refractivity contribution in [2.45, 2.75) is 6.92 Å². The summed E-state index contributed by atoms with van der Waals surface area (Å²) in [6, 6.07) is 8.93. The highest BCUT2D eigenvalue weighted by Crippen LogP contribution is 2.13. The van der Waals surface area contributed by atoms with Gasteiger partial charge in [-0.3, -0.25) is 9.59 Å². The minimum absolute atomic E-state index is 0.418. The number of likely N-dealkylation sites (N-methyl/N-ethyl adjacent to an activating group) is 1. The fourth-order valence-corrected chi connectivity index (χ4v) is 1.26. The van der Waals surface area contributed by atoms with E-state index in [1.807, 2.05) is 6.07 Å². The van der Waals surface area contributed by atoms with E-state index in [4.69, 9.17) is 11.6 Å². The number of carbonyl (C=O) groups excluding carboxylic acids is 2. The first-order valence-corrected chi connectivity index (χ1v) is 4.61. The van der Waals surface area contributed by atoms with Crippen molar-refractivity contribution in [2.24, 2.45) is 0 Å². The van der Waals surface area contributed by atoms with Crippen molar-refractivity contribution < 1.29 is 9.59 Å². The van der Waals surface area contributed by atoms with Crippen molar-refractivity contribution in [1.29, 1.82) is 0 Å². The molecule has 0 aliphatic carbocycles. The minimum Gasteiger partial charge on any atom is -0.305 e. The molecule has 3 nitrogen and oxygen atoms in total. The fraction of sp³-hybridized carbons (Fsp3) is 0.200. The van der Waals surface area contributed by atoms with Crippen LogP contribution in [0.2, 0.25) is 0 Å². The van der Waals surface area contributed by atoms with Crippen molar-refractivity contribution in [3.63, 3.8) is 0 Å². The molecule has 0 spiro atoms. The van der Waals surface area contributed by atoms with Crippen LogP contribution in [0.4, 0.5) is 5.69 Å². The molecule has 0 saturated carbocycles. The number of hydrogen-bond donors (Lipinski definition) is 0. The van der Waals surface area contributed by atoms with Crippen LogP contribution in [-0.4, -0.2) is 17.7 Å². The Bertz CT molecular complexity index is 337. The topological polar surface area (TPSA) is 37.4 Å². The van der Waals surface area contributed by atoms with Gasteiger partial charge in [0.2, 0.25) is 0 Å². The molecule has 74 valence electrons. The standard InChI is InChI=1S/C10H10ClNO2/c1-2-12(10(14)9(11)13)8-6-4-3-5-7-8/h3-7H,2H2,1H3. The maximum absolute atomic E-state index is 11.3. The number of hydrogen-bond acceptors (Lipinski definition) is 2. The molecule has 0 aliphatic rings. The molecular weight excluding hydrogens is 202 g/mol. The first-order chi connectivity index (χ1) is 6.66. The Morgan fingerprint density at radius 3 is 2.29 bits per heavy atom. The van der Waals surface area contributed by atoms with E-state index in [2.05, 4.69) is 0 Å². The number of rotatable bonds is 3. The van der Waals surface area contributed by atoms with E-state index >= 15 is 0 Å². The van der Waals surface area contributed by atoms with Crippen molar-refractivity contribution in [3.05, 3.63) is 30.3 Å². The lowest BCUT2D eigenvalue weighted by molar-refractivity contribution is -0.131. The monoisotopic (exact) mass is 211 g/mol. The van der Waals surface area contributed by atoms with E-state index in [0.717, 1.165) is 0 Å². The molecule has 0 fully saturated rings. The second kappa shape index (κ2) is 4.77. The molecule has 1 rings (SSSR count). The second-order valence-corrected chi connectivity index (χ2v) is 3.00. The maximum Gasteiger partial charge on any atom is 0.310 e. The zero-order valence-electron chi connectivity index (χ0n) is 7.74. The molecule has 0 bridgehead atoms. The van der Waals surface area contributed by atoms with Crippen LogP contribution < -0.4 is 4.90 Å². The Kier molecular flexibility index (Phi) is 3.65. The Balaban J connectivity index is 2.93. The average molecular weight is 212 g/mol. The molecule has 4 heteroatoms. The predicted molar refractivity (Wildman–Crippen MR) is 55.3 cm³/mol. The number of nitrogens with zero attached hydrogens (tertiary/aromatic N) is 1. The van der Waals surface area contributed by atoms with Crippen LogP contribution in [0, 0.1) is 0 Å². The highest BCUT2D eigenvalue weighted by atomic mass is 35.5. The predicted octanol–water partition coefficient (Wildman–Crippen LogP) is 1.80. The van der Waals surface area contributed by atoms with Gasteiger partial charge in [0, 0.05) is 12.2 Å². The van der Waals surface area contributed by atoms with E-state index in [9.17, 15) is 9.59 Å². The third kappa shape index (κ3) is 2.33. The molecule has 0 aliphatic heterocycles. The fourth-order valence-electron chi connectivity index (χ4n) is 1.16. The van der Waals surface area contributed by atoms with Crippen molar-refractivity contribution in [1.82, 2.24) is 0 Å². The number of anilines is 1. The van der Waals surface area contributed by atoms with Gasteiger partial charge in [-0.05, 0) is 30.7 Å². The zero-order chi connectivity index (χ0) is 10.6. The SMILES string of the molecule is CCN(C(=O)C(=O)Cl)c1ccccc1. The lowest BCUT2D eigenvalue weighted by Gasteiger charge is -2.18. The van der Waals surface area contributed by atoms with Gasteiger partial charge < -0.3 is 4.90 Å². The van der Waals surface area contributed by atoms with Gasteiger partial charge in [-0.2, -0.15) is 0 Å². The summed E-state index contributed by atoms with van der Waals surface area (Å²) in [5, 5.41) is -0.962. The summed E-state index contributed by atoms with van der Waals surface area (Å²) < 4.78 is 0. The van der Waals surface area contributed by atoms with Crippen LogP contribution in [0.25, 0.3) is 0 Å². The highest BCUT2D eigenvalue weighted by molar-refractivity contribution is 6.82. The molecule has 0 heterocycles. The van der Waals surface area contributed by atoms with Gasteiger partial charge in [0.05, 0.1) is 0 Å². The maximum atomic E-state index is 11.3. The lowest BCUT2D eigenvalue weighted by Crippen LogP contribution is -2.34. The number of benzene rings is 1. The van der Waals surface area contributed by atoms with Gasteiger partial charge in [0.15, 0.2) is 0 Å². The first kappa shape index (κ1) is 10.7. The summed E-state index contributed by atoms with van der Waals surface area (Å²) in [6.07, 6.45) is 0. The molecule has 0 saturated heterocycles. The van der Waals surface area contributed by atoms with Gasteiger partial charge in [-0.25, -0.2) is 0 Å². The van der Waals surface area contributed by atoms with Crippen LogP contribution in [0.15, 0.2) is 30.3 Å². The third-order valence-corrected chi connectivity index (χ3v) is 1.96. The Hall–Kier alpha value is -1.35. The lowest BCUT2D eigenvalue weighted by atomic mass is 10.3. The zero-order valence-corrected chi connectivity index (χ0v) is 8.49. The van der Waals surface area contributed by atoms with Crippen LogP contribution in [-0.2, 0) is 9.59 Å². The molecular formula is C10H10ClNO2. The quantitative estimate of drug-likeness (QED) is 0.565. The molecule has 0 atom stereocenters. The minimum atomic E-state index is -0.962. The van der Waals surface area contributed by atoms with Crippen LogP contribution in [0.1, 0.15) is 6.92 Å². The number of para-hydroxylation sites is 1. The van der Waals surface area contributed by atoms with Crippen LogP contribution in [0.3, 0.4) is 0 Å². The summed E-state index contributed by atoms with van der Waals surface area (Å²) in [5.41, 5.74) is 0.675. The molecule has 0 N–H and O–H groups in total. The van der Waals surface area contributed by atoms with E-state index in [0.29, 0.717) is 12.2 Å². The molecule has 0 radical (unpaired) electrons. The summed E-state index contributed by atoms with van der Waals surface area (Å²) >= 11 is 5.12.